The normalized spacial score (nSPS) is 28.0. The van der Waals surface area contributed by atoms with Crippen LogP contribution in [0.15, 0.2) is 146 Å². The maximum absolute atomic E-state index is 16.5. The molecule has 8 aliphatic heterocycles. The van der Waals surface area contributed by atoms with Gasteiger partial charge >= 0.3 is 5.69 Å². The molecular weight excluding hydrogens is 1850 g/mol. The number of aliphatic hydroxyl groups is 9. The minimum absolute atomic E-state index is 0.0292. The Morgan fingerprint density at radius 3 is 1.96 bits per heavy atom. The molecule has 736 valence electrons. The van der Waals surface area contributed by atoms with E-state index >= 15 is 24.0 Å². The van der Waals surface area contributed by atoms with Crippen LogP contribution < -0.4 is 78.3 Å². The summed E-state index contributed by atoms with van der Waals surface area (Å²) in [7, 11) is 1.46. The maximum Gasteiger partial charge on any atom is 0.323 e. The molecule has 43 nitrogen and oxygen atoms in total. The summed E-state index contributed by atoms with van der Waals surface area (Å²) in [6, 6.07) is 19.7. The van der Waals surface area contributed by atoms with Crippen molar-refractivity contribution in [3.8, 4) is 62.9 Å². The predicted molar refractivity (Wildman–Crippen MR) is 484 cm³/mol. The number of fused-ring (bicyclic) bond motifs is 15. The Bertz CT molecular complexity index is 5930. The first-order valence-electron chi connectivity index (χ1n) is 43.7. The van der Waals surface area contributed by atoms with Crippen molar-refractivity contribution in [3.05, 3.63) is 216 Å². The highest BCUT2D eigenvalue weighted by atomic mass is 35.5. The summed E-state index contributed by atoms with van der Waals surface area (Å²) in [5.74, 6) is -15.5. The van der Waals surface area contributed by atoms with Gasteiger partial charge in [0.15, 0.2) is 30.3 Å². The minimum atomic E-state index is -2.42. The van der Waals surface area contributed by atoms with Gasteiger partial charge in [-0.05, 0) is 152 Å². The topological polar surface area (TPSA) is 666 Å². The fourth-order valence-electron chi connectivity index (χ4n) is 17.0. The minimum Gasteiger partial charge on any atom is -0.508 e. The number of aryl methyl sites for hydroxylation is 1. The molecule has 8 aromatic rings. The summed E-state index contributed by atoms with van der Waals surface area (Å²) in [6.07, 6.45) is -32.1. The molecule has 8 aliphatic rings. The van der Waals surface area contributed by atoms with Gasteiger partial charge in [-0.15, -0.1) is 0 Å². The summed E-state index contributed by atoms with van der Waals surface area (Å²) in [5, 5.41) is 176. The van der Waals surface area contributed by atoms with E-state index in [4.69, 9.17) is 77.3 Å². The highest BCUT2D eigenvalue weighted by Gasteiger charge is 2.53. The number of carbonyl (C=O) groups excluding carboxylic acids is 8. The molecule has 23 atom stereocenters. The second-order valence-corrected chi connectivity index (χ2v) is 35.7. The second-order valence-electron chi connectivity index (χ2n) is 34.9. The average molecular weight is 1960 g/mol. The van der Waals surface area contributed by atoms with Crippen molar-refractivity contribution in [2.75, 3.05) is 25.5 Å². The molecule has 8 aromatic carbocycles. The number of aliphatic hydroxyl groups excluding tert-OH is 9. The van der Waals surface area contributed by atoms with Crippen molar-refractivity contribution in [1.29, 1.82) is 0 Å². The number of phenolic OH excluding ortho intramolecular Hbond substituents is 3. The van der Waals surface area contributed by atoms with Gasteiger partial charge < -0.3 is 163 Å². The van der Waals surface area contributed by atoms with Crippen molar-refractivity contribution >= 4 is 81.8 Å². The molecule has 0 aliphatic carbocycles. The lowest BCUT2D eigenvalue weighted by Gasteiger charge is -2.46. The van der Waals surface area contributed by atoms with Gasteiger partial charge in [-0.25, -0.2) is 0 Å². The number of halogens is 2. The molecular formula is C93H104Cl2N12O31. The largest absolute Gasteiger partial charge is 0.508 e. The van der Waals surface area contributed by atoms with E-state index in [0.717, 1.165) is 72.3 Å². The number of carbonyl (C=O) groups is 8. The molecule has 0 saturated carbocycles. The Kier molecular flexibility index (Phi) is 31.4. The Morgan fingerprint density at radius 1 is 0.652 bits per heavy atom. The number of hydrogen-bond acceptors (Lipinski definition) is 34. The van der Waals surface area contributed by atoms with Crippen LogP contribution in [0.25, 0.3) is 11.1 Å². The van der Waals surface area contributed by atoms with Gasteiger partial charge in [0.25, 0.3) is 5.91 Å². The van der Waals surface area contributed by atoms with Crippen LogP contribution in [0.2, 0.25) is 10.0 Å². The fourth-order valence-corrected chi connectivity index (χ4v) is 17.5. The van der Waals surface area contributed by atoms with Gasteiger partial charge in [0.05, 0.1) is 46.2 Å². The van der Waals surface area contributed by atoms with E-state index in [-0.39, 0.29) is 72.1 Å². The standard InChI is InChI=1S/C93H104Cl2N12O31/c1-38(2)23-54(98-6)85(122)104-69-72(113)44-17-21-58(52(94)26-44)132-60-28-46-29-61(80(60)137-92-77(118)75(116)81(63(36-108)135-92)138-91-76(117)74(115)73(114)62(134-91)35-99-34-42-13-10-14-47(24-42)100-83(120)49-19-15-39(3)78(71(49)107(128)129)130-37-41-11-8-7-9-12-41)133-59-22-18-45(27-53(59)95)79(136-65-33-93(5,97)82(119)40(4)131-65)70-90(127)106-84(121)51-30-48(109)31-57(111)66(51)50-25-43(16-20-56(50)110)67(87(124)105-70)103-88(125)68(46)102-86(123)55(32-64(96)112)101-89(69)126/h7-22,24-31,38,40,54-55,62-63,65,67-70,72-77,79,81-82,84,91-92,98-99,108-111,113-119,121H,23,32-37,97H2,1-6H3,(H2,96,112)(H,100,120)(H,101,126)(H,102,123)(H,103,125)(H,104,122)(H,105,124)(H,106,127)/t40-,54+,55-,62+,63+,65-,67-,68+,69?,70-,72+,73-,74-,75+,76+,77+,79+,81+,82-,84-,91-,92-,93-/m0/s1. The number of primary amides is 1. The van der Waals surface area contributed by atoms with Gasteiger partial charge in [-0.1, -0.05) is 104 Å². The third-order valence-corrected chi connectivity index (χ3v) is 24.9. The van der Waals surface area contributed by atoms with Gasteiger partial charge in [-0.3, -0.25) is 48.5 Å². The molecule has 25 N–H and O–H groups in total. The lowest BCUT2D eigenvalue weighted by Crippen LogP contribution is -2.65. The third-order valence-electron chi connectivity index (χ3n) is 24.3. The second kappa shape index (κ2) is 42.8. The van der Waals surface area contributed by atoms with Crippen molar-refractivity contribution in [1.82, 2.24) is 42.5 Å². The molecule has 138 heavy (non-hydrogen) atoms. The smallest absolute Gasteiger partial charge is 0.323 e. The number of anilines is 1. The van der Waals surface area contributed by atoms with Crippen LogP contribution in [0, 0.1) is 23.0 Å². The number of amides is 8. The molecule has 1 unspecified atom stereocenters. The molecule has 8 amide bonds. The SMILES string of the molecule is CN[C@H](CC(C)C)C(=O)NC1C(=O)N[C@@H](CC(N)=O)C(=O)N[C@H]2C(=O)N[C@@H]3C(=O)N[C@H](C(=O)N[C@@H](O)c4cc(O)cc(O)c4-c4cc3ccc4O)[C@H](O[C@H]3C[C@](C)(N)[C@@H](O)[C@H](C)O3)c3ccc(c(Cl)c3)Oc3cc2cc(c3O[C@@H]2O[C@H](CO)[C@@H](O[C@@H]3O[C@H](CNCc4cccc(NC(=O)c5ccc(C)c(OCc6ccccc6)c5[N+](=O)[O-])c4)[C@H](O)[C@H](O)[C@H]3O)[C@H](O)[C@H]2O)Oc2ccc(cc2Cl)[C@H]1O. The number of nitro benzene ring substituents is 1. The molecule has 0 aromatic heterocycles. The van der Waals surface area contributed by atoms with Crippen LogP contribution in [-0.4, -0.2) is 243 Å². The number of nitrogens with zero attached hydrogens (tertiary/aromatic N) is 1. The lowest BCUT2D eigenvalue weighted by atomic mass is 9.86. The number of hydrogen-bond donors (Lipinski definition) is 23. The molecule has 0 spiro atoms. The summed E-state index contributed by atoms with van der Waals surface area (Å²) in [5.41, 5.74) is 9.36. The Morgan fingerprint density at radius 2 is 1.30 bits per heavy atom. The monoisotopic (exact) mass is 1950 g/mol. The number of nitro groups is 1. The first-order valence-corrected chi connectivity index (χ1v) is 44.5. The Labute approximate surface area is 796 Å². The van der Waals surface area contributed by atoms with E-state index in [1.807, 2.05) is 0 Å². The molecule has 3 fully saturated rings. The summed E-state index contributed by atoms with van der Waals surface area (Å²) in [6.45, 7) is 6.60. The predicted octanol–water partition coefficient (Wildman–Crippen LogP) is 2.64. The van der Waals surface area contributed by atoms with Crippen molar-refractivity contribution in [3.63, 3.8) is 0 Å². The third kappa shape index (κ3) is 22.4. The zero-order chi connectivity index (χ0) is 99.5. The Hall–Kier alpha value is -12.6. The number of nitrogens with two attached hydrogens (primary N) is 2. The molecule has 0 radical (unpaired) electrons. The summed E-state index contributed by atoms with van der Waals surface area (Å²) in [4.78, 5) is 132. The van der Waals surface area contributed by atoms with Crippen LogP contribution in [0.5, 0.6) is 51.7 Å². The van der Waals surface area contributed by atoms with Crippen molar-refractivity contribution in [2.24, 2.45) is 17.4 Å². The van der Waals surface area contributed by atoms with E-state index in [1.54, 1.807) is 69.3 Å². The summed E-state index contributed by atoms with van der Waals surface area (Å²) >= 11 is 14.5. The summed E-state index contributed by atoms with van der Waals surface area (Å²) < 4.78 is 57.3. The van der Waals surface area contributed by atoms with Crippen molar-refractivity contribution in [2.45, 2.75) is 207 Å². The average Bonchev–Trinajstić information content (AvgIpc) is 0.765. The molecule has 3 saturated heterocycles. The highest BCUT2D eigenvalue weighted by Crippen LogP contribution is 2.51. The van der Waals surface area contributed by atoms with Gasteiger partial charge in [0, 0.05) is 53.5 Å². The van der Waals surface area contributed by atoms with Gasteiger partial charge in [0.2, 0.25) is 59.1 Å². The van der Waals surface area contributed by atoms with E-state index in [0.29, 0.717) is 11.1 Å². The highest BCUT2D eigenvalue weighted by molar-refractivity contribution is 6.32. The fraction of sp³-hybridized carbons (Fsp3) is 0.398. The number of likely N-dealkylation sites (N-methyl/N-ethyl adjacent to an activating group) is 1. The number of benzene rings is 8. The molecule has 45 heteroatoms. The van der Waals surface area contributed by atoms with E-state index < -0.39 is 289 Å². The number of phenols is 3. The molecule has 16 rings (SSSR count). The first-order chi connectivity index (χ1) is 65.6. The van der Waals surface area contributed by atoms with Crippen LogP contribution in [0.3, 0.4) is 0 Å². The Balaban J connectivity index is 0.845. The van der Waals surface area contributed by atoms with Gasteiger partial charge in [-0.2, -0.15) is 0 Å². The molecule has 11 bridgehead atoms. The van der Waals surface area contributed by atoms with Crippen LogP contribution in [0.4, 0.5) is 11.4 Å². The van der Waals surface area contributed by atoms with E-state index in [2.05, 4.69) is 47.9 Å². The zero-order valence-corrected chi connectivity index (χ0v) is 76.1. The first kappa shape index (κ1) is 101. The van der Waals surface area contributed by atoms with Gasteiger partial charge in [0.1, 0.15) is 132 Å². The van der Waals surface area contributed by atoms with E-state index in [9.17, 15) is 85.8 Å². The van der Waals surface area contributed by atoms with E-state index in [1.165, 1.54) is 51.2 Å². The molecule has 8 heterocycles. The lowest BCUT2D eigenvalue weighted by molar-refractivity contribution is -0.386. The zero-order valence-electron chi connectivity index (χ0n) is 74.6. The number of rotatable bonds is 24. The number of aromatic hydroxyl groups is 3. The number of ether oxygens (including phenoxy) is 9. The van der Waals surface area contributed by atoms with Crippen molar-refractivity contribution < 1.29 is 147 Å². The quantitative estimate of drug-likeness (QED) is 0.0305. The maximum atomic E-state index is 16.5. The number of nitrogens with one attached hydrogen (secondary N) is 9. The van der Waals surface area contributed by atoms with Crippen LogP contribution >= 0.6 is 23.2 Å². The van der Waals surface area contributed by atoms with Crippen LogP contribution in [0.1, 0.15) is 132 Å². The van der Waals surface area contributed by atoms with Crippen LogP contribution in [-0.2, 0) is 70.4 Å².